The molecule has 126 valence electrons. The van der Waals surface area contributed by atoms with E-state index in [1.165, 1.54) is 0 Å². The van der Waals surface area contributed by atoms with Gasteiger partial charge in [-0.15, -0.1) is 0 Å². The fraction of sp³-hybridized carbons (Fsp3) is 0.167. The number of hydrogen-bond donors (Lipinski definition) is 1. The van der Waals surface area contributed by atoms with Crippen molar-refractivity contribution in [1.29, 1.82) is 0 Å². The van der Waals surface area contributed by atoms with Crippen molar-refractivity contribution in [3.8, 4) is 0 Å². The van der Waals surface area contributed by atoms with Gasteiger partial charge in [-0.25, -0.2) is 14.8 Å². The van der Waals surface area contributed by atoms with Gasteiger partial charge in [-0.2, -0.15) is 0 Å². The van der Waals surface area contributed by atoms with Crippen molar-refractivity contribution in [2.75, 3.05) is 0 Å². The number of benzene rings is 1. The van der Waals surface area contributed by atoms with Crippen LogP contribution >= 0.6 is 11.6 Å². The molecule has 0 saturated heterocycles. The molecule has 6 nitrogen and oxygen atoms in total. The molecule has 3 heterocycles. The summed E-state index contributed by atoms with van der Waals surface area (Å²) in [5.41, 5.74) is 2.81. The van der Waals surface area contributed by atoms with Crippen LogP contribution in [0.1, 0.15) is 23.1 Å². The standard InChI is InChI=1S/C18H15ClN4O2/c1-2-23-9-12(11-5-3-4-6-14(11)23)18(24)25-10-16-20-13-7-8-15(19)21-17(13)22-16/h3-9H,2,10H2,1H3,(H,20,21,22). The minimum absolute atomic E-state index is 0.0401. The Morgan fingerprint density at radius 3 is 2.92 bits per heavy atom. The highest BCUT2D eigenvalue weighted by molar-refractivity contribution is 6.29. The highest BCUT2D eigenvalue weighted by Crippen LogP contribution is 2.22. The number of nitrogens with one attached hydrogen (secondary N) is 1. The van der Waals surface area contributed by atoms with Crippen molar-refractivity contribution in [3.63, 3.8) is 0 Å². The number of para-hydroxylation sites is 1. The number of imidazole rings is 1. The third-order valence-electron chi connectivity index (χ3n) is 4.05. The van der Waals surface area contributed by atoms with E-state index >= 15 is 0 Å². The number of carbonyl (C=O) groups excluding carboxylic acids is 1. The molecule has 0 aliphatic rings. The highest BCUT2D eigenvalue weighted by atomic mass is 35.5. The molecule has 0 radical (unpaired) electrons. The molecule has 0 unspecified atom stereocenters. The highest BCUT2D eigenvalue weighted by Gasteiger charge is 2.16. The van der Waals surface area contributed by atoms with Crippen LogP contribution in [0.5, 0.6) is 0 Å². The summed E-state index contributed by atoms with van der Waals surface area (Å²) >= 11 is 5.85. The molecule has 0 saturated carbocycles. The first-order valence-corrected chi connectivity index (χ1v) is 8.29. The fourth-order valence-corrected chi connectivity index (χ4v) is 3.01. The summed E-state index contributed by atoms with van der Waals surface area (Å²) in [5, 5.41) is 1.25. The average Bonchev–Trinajstić information content (AvgIpc) is 3.20. The average molecular weight is 355 g/mol. The number of hydrogen-bond acceptors (Lipinski definition) is 4. The van der Waals surface area contributed by atoms with Gasteiger partial charge in [0.05, 0.1) is 11.1 Å². The van der Waals surface area contributed by atoms with Crippen LogP contribution in [-0.2, 0) is 17.9 Å². The zero-order valence-electron chi connectivity index (χ0n) is 13.5. The molecule has 0 spiro atoms. The van der Waals surface area contributed by atoms with E-state index < -0.39 is 0 Å². The topological polar surface area (TPSA) is 72.8 Å². The molecule has 1 aromatic carbocycles. The van der Waals surface area contributed by atoms with E-state index in [4.69, 9.17) is 16.3 Å². The first kappa shape index (κ1) is 15.7. The molecule has 0 amide bonds. The molecule has 1 N–H and O–H groups in total. The molecule has 4 rings (SSSR count). The summed E-state index contributed by atoms with van der Waals surface area (Å²) in [6, 6.07) is 11.2. The monoisotopic (exact) mass is 354 g/mol. The lowest BCUT2D eigenvalue weighted by Gasteiger charge is -2.01. The smallest absolute Gasteiger partial charge is 0.340 e. The van der Waals surface area contributed by atoms with Crippen LogP contribution in [0.3, 0.4) is 0 Å². The summed E-state index contributed by atoms with van der Waals surface area (Å²) in [6.07, 6.45) is 1.83. The molecule has 0 aliphatic heterocycles. The largest absolute Gasteiger partial charge is 0.454 e. The Morgan fingerprint density at radius 2 is 2.08 bits per heavy atom. The number of nitrogens with zero attached hydrogens (tertiary/aromatic N) is 3. The van der Waals surface area contributed by atoms with Crippen molar-refractivity contribution in [2.24, 2.45) is 0 Å². The molecule has 25 heavy (non-hydrogen) atoms. The number of carbonyl (C=O) groups is 1. The van der Waals surface area contributed by atoms with Crippen LogP contribution in [0.2, 0.25) is 5.15 Å². The number of H-pyrrole nitrogens is 1. The molecule has 0 atom stereocenters. The SMILES string of the molecule is CCn1cc(C(=O)OCc2nc3nc(Cl)ccc3[nH]2)c2ccccc21. The van der Waals surface area contributed by atoms with E-state index in [0.717, 1.165) is 23.0 Å². The van der Waals surface area contributed by atoms with Crippen LogP contribution in [0.4, 0.5) is 0 Å². The third-order valence-corrected chi connectivity index (χ3v) is 4.26. The number of halogens is 1. The second-order valence-corrected chi connectivity index (χ2v) is 6.00. The lowest BCUT2D eigenvalue weighted by Crippen LogP contribution is -2.05. The van der Waals surface area contributed by atoms with Gasteiger partial charge in [-0.3, -0.25) is 0 Å². The van der Waals surface area contributed by atoms with E-state index in [0.29, 0.717) is 22.2 Å². The predicted octanol–water partition coefficient (Wildman–Crippen LogP) is 3.94. The number of aromatic nitrogens is 4. The lowest BCUT2D eigenvalue weighted by atomic mass is 10.2. The molecule has 4 aromatic rings. The normalized spacial score (nSPS) is 11.3. The van der Waals surface area contributed by atoms with Crippen molar-refractivity contribution in [2.45, 2.75) is 20.1 Å². The van der Waals surface area contributed by atoms with Gasteiger partial charge in [-0.1, -0.05) is 29.8 Å². The predicted molar refractivity (Wildman–Crippen MR) is 95.6 cm³/mol. The first-order chi connectivity index (χ1) is 12.2. The van der Waals surface area contributed by atoms with Gasteiger partial charge in [0.15, 0.2) is 5.65 Å². The first-order valence-electron chi connectivity index (χ1n) is 7.92. The van der Waals surface area contributed by atoms with Crippen LogP contribution in [0.25, 0.3) is 22.1 Å². The number of ether oxygens (including phenoxy) is 1. The molecule has 3 aromatic heterocycles. The van der Waals surface area contributed by atoms with Crippen molar-refractivity contribution in [1.82, 2.24) is 19.5 Å². The Bertz CT molecular complexity index is 1080. The molecule has 0 fully saturated rings. The van der Waals surface area contributed by atoms with Gasteiger partial charge < -0.3 is 14.3 Å². The molecule has 0 bridgehead atoms. The van der Waals surface area contributed by atoms with Gasteiger partial charge >= 0.3 is 5.97 Å². The second-order valence-electron chi connectivity index (χ2n) is 5.61. The van der Waals surface area contributed by atoms with Crippen LogP contribution in [0.15, 0.2) is 42.6 Å². The van der Waals surface area contributed by atoms with Crippen LogP contribution < -0.4 is 0 Å². The molecular formula is C18H15ClN4O2. The van der Waals surface area contributed by atoms with E-state index in [-0.39, 0.29) is 12.6 Å². The Kier molecular flexibility index (Phi) is 3.89. The van der Waals surface area contributed by atoms with Gasteiger partial charge in [-0.05, 0) is 25.1 Å². The van der Waals surface area contributed by atoms with E-state index in [2.05, 4.69) is 15.0 Å². The maximum Gasteiger partial charge on any atom is 0.340 e. The number of rotatable bonds is 4. The van der Waals surface area contributed by atoms with E-state index in [1.807, 2.05) is 42.0 Å². The van der Waals surface area contributed by atoms with Gasteiger partial charge in [0.2, 0.25) is 0 Å². The van der Waals surface area contributed by atoms with E-state index in [9.17, 15) is 4.79 Å². The number of aromatic amines is 1. The summed E-state index contributed by atoms with van der Waals surface area (Å²) in [5.74, 6) is 0.146. The second kappa shape index (κ2) is 6.22. The van der Waals surface area contributed by atoms with Crippen LogP contribution in [-0.4, -0.2) is 25.5 Å². The molecule has 7 heteroatoms. The van der Waals surface area contributed by atoms with Crippen molar-refractivity contribution in [3.05, 3.63) is 59.1 Å². The molecular weight excluding hydrogens is 340 g/mol. The minimum Gasteiger partial charge on any atom is -0.454 e. The fourth-order valence-electron chi connectivity index (χ4n) is 2.87. The maximum atomic E-state index is 12.5. The summed E-state index contributed by atoms with van der Waals surface area (Å²) in [4.78, 5) is 24.0. The lowest BCUT2D eigenvalue weighted by molar-refractivity contribution is 0.0465. The Labute approximate surface area is 148 Å². The Morgan fingerprint density at radius 1 is 1.24 bits per heavy atom. The molecule has 0 aliphatic carbocycles. The minimum atomic E-state index is -0.380. The van der Waals surface area contributed by atoms with Gasteiger partial charge in [0.1, 0.15) is 17.6 Å². The van der Waals surface area contributed by atoms with E-state index in [1.54, 1.807) is 12.1 Å². The summed E-state index contributed by atoms with van der Waals surface area (Å²) in [6.45, 7) is 2.86. The number of fused-ring (bicyclic) bond motifs is 2. The van der Waals surface area contributed by atoms with Gasteiger partial charge in [0, 0.05) is 23.6 Å². The third kappa shape index (κ3) is 2.85. The number of pyridine rings is 1. The van der Waals surface area contributed by atoms with Crippen LogP contribution in [0, 0.1) is 0 Å². The van der Waals surface area contributed by atoms with Gasteiger partial charge in [0.25, 0.3) is 0 Å². The zero-order valence-corrected chi connectivity index (χ0v) is 14.2. The summed E-state index contributed by atoms with van der Waals surface area (Å²) in [7, 11) is 0. The Hall–Kier alpha value is -2.86. The number of esters is 1. The van der Waals surface area contributed by atoms with Crippen molar-refractivity contribution >= 4 is 39.6 Å². The van der Waals surface area contributed by atoms with Crippen molar-refractivity contribution < 1.29 is 9.53 Å². The zero-order chi connectivity index (χ0) is 17.4. The number of aryl methyl sites for hydroxylation is 1. The maximum absolute atomic E-state index is 12.5. The quantitative estimate of drug-likeness (QED) is 0.445. The Balaban J connectivity index is 1.57. The summed E-state index contributed by atoms with van der Waals surface area (Å²) < 4.78 is 7.46.